The number of benzene rings is 1. The summed E-state index contributed by atoms with van der Waals surface area (Å²) >= 11 is 0. The van der Waals surface area contributed by atoms with Crippen LogP contribution < -0.4 is 10.6 Å². The highest BCUT2D eigenvalue weighted by Crippen LogP contribution is 2.15. The molecule has 0 saturated carbocycles. The van der Waals surface area contributed by atoms with E-state index in [1.165, 1.54) is 69.1 Å². The maximum atomic E-state index is 11.4. The first kappa shape index (κ1) is 27.5. The van der Waals surface area contributed by atoms with Gasteiger partial charge < -0.3 is 15.5 Å². The first-order valence-electron chi connectivity index (χ1n) is 11.6. The van der Waals surface area contributed by atoms with Crippen molar-refractivity contribution < 1.29 is 13.2 Å². The molecule has 1 aromatic carbocycles. The predicted molar refractivity (Wildman–Crippen MR) is 138 cm³/mol. The van der Waals surface area contributed by atoms with E-state index in [-0.39, 0.29) is 24.2 Å². The maximum Gasteiger partial charge on any atom is 0.223 e. The van der Waals surface area contributed by atoms with Crippen molar-refractivity contribution in [2.45, 2.75) is 46.2 Å². The number of aliphatic imine (C=N–C) groups is 2. The molecule has 1 saturated heterocycles. The normalized spacial score (nSPS) is 16.0. The Morgan fingerprint density at radius 2 is 1.79 bits per heavy atom. The fourth-order valence-electron chi connectivity index (χ4n) is 3.53. The summed E-state index contributed by atoms with van der Waals surface area (Å²) in [4.78, 5) is 24.4. The molecule has 2 N–H and O–H groups in total. The molecule has 1 fully saturated rings. The lowest BCUT2D eigenvalue weighted by Crippen LogP contribution is -2.29. The zero-order valence-electron chi connectivity index (χ0n) is 20.7. The molecule has 0 aliphatic carbocycles. The molecule has 34 heavy (non-hydrogen) atoms. The molecule has 1 aromatic rings. The predicted octanol–water partition coefficient (Wildman–Crippen LogP) is 2.12. The van der Waals surface area contributed by atoms with E-state index in [9.17, 15) is 13.2 Å². The molecule has 0 atom stereocenters. The van der Waals surface area contributed by atoms with E-state index >= 15 is 0 Å². The molecule has 10 heteroatoms. The van der Waals surface area contributed by atoms with Gasteiger partial charge in [-0.15, -0.1) is 0 Å². The van der Waals surface area contributed by atoms with Crippen LogP contribution in [0.25, 0.3) is 0 Å². The summed E-state index contributed by atoms with van der Waals surface area (Å²) in [5.74, 6) is 0.728. The van der Waals surface area contributed by atoms with E-state index in [2.05, 4.69) is 49.8 Å². The maximum absolute atomic E-state index is 11.4. The van der Waals surface area contributed by atoms with Crippen LogP contribution in [0.1, 0.15) is 44.2 Å². The molecule has 1 aliphatic heterocycles. The van der Waals surface area contributed by atoms with E-state index in [1.54, 1.807) is 0 Å². The Morgan fingerprint density at radius 3 is 2.47 bits per heavy atom. The second-order valence-electron chi connectivity index (χ2n) is 8.69. The number of hydrogen-bond acceptors (Lipinski definition) is 5. The minimum atomic E-state index is -3.13. The van der Waals surface area contributed by atoms with Gasteiger partial charge in [0.2, 0.25) is 11.9 Å². The zero-order valence-corrected chi connectivity index (χ0v) is 21.6. The first-order valence-corrected chi connectivity index (χ1v) is 13.7. The van der Waals surface area contributed by atoms with Gasteiger partial charge in [0.05, 0.1) is 12.3 Å². The van der Waals surface area contributed by atoms with Gasteiger partial charge >= 0.3 is 0 Å². The molecule has 188 valence electrons. The van der Waals surface area contributed by atoms with Crippen LogP contribution in [0.3, 0.4) is 0 Å². The van der Waals surface area contributed by atoms with Gasteiger partial charge in [-0.1, -0.05) is 30.7 Å². The number of nitrogens with zero attached hydrogens (tertiary/aromatic N) is 4. The Morgan fingerprint density at radius 1 is 1.12 bits per heavy atom. The SMILES string of the molecule is CC(=O)N/C=C/NC(=NCCS(C)(=O)=O)/N=C(\C)N(C)Cc1cccc(CN2CCCCC2)c1. The van der Waals surface area contributed by atoms with Crippen LogP contribution in [0.4, 0.5) is 0 Å². The monoisotopic (exact) mass is 490 g/mol. The van der Waals surface area contributed by atoms with Gasteiger partial charge in [0.15, 0.2) is 0 Å². The lowest BCUT2D eigenvalue weighted by atomic mass is 10.1. The van der Waals surface area contributed by atoms with Crippen LogP contribution in [0.5, 0.6) is 0 Å². The number of nitrogens with one attached hydrogen (secondary N) is 2. The zero-order chi connectivity index (χ0) is 25.0. The van der Waals surface area contributed by atoms with Crippen LogP contribution in [0.2, 0.25) is 0 Å². The highest BCUT2D eigenvalue weighted by molar-refractivity contribution is 7.90. The van der Waals surface area contributed by atoms with Crippen LogP contribution in [0.15, 0.2) is 46.7 Å². The average molecular weight is 491 g/mol. The number of hydrogen-bond donors (Lipinski definition) is 2. The van der Waals surface area contributed by atoms with Gasteiger partial charge in [-0.3, -0.25) is 9.69 Å². The molecular weight excluding hydrogens is 452 g/mol. The Kier molecular flexibility index (Phi) is 11.2. The molecule has 0 bridgehead atoms. The summed E-state index contributed by atoms with van der Waals surface area (Å²) in [6.45, 7) is 7.37. The summed E-state index contributed by atoms with van der Waals surface area (Å²) in [6.07, 6.45) is 8.00. The van der Waals surface area contributed by atoms with Crippen LogP contribution in [-0.2, 0) is 27.7 Å². The molecule has 2 rings (SSSR count). The lowest BCUT2D eigenvalue weighted by Gasteiger charge is -2.26. The Hall–Kier alpha value is -2.72. The number of sulfone groups is 1. The number of amidine groups is 1. The number of piperidine rings is 1. The van der Waals surface area contributed by atoms with Crippen molar-refractivity contribution in [2.75, 3.05) is 38.7 Å². The Labute approximate surface area is 204 Å². The minimum absolute atomic E-state index is 0.0677. The van der Waals surface area contributed by atoms with Crippen molar-refractivity contribution in [3.63, 3.8) is 0 Å². The Bertz CT molecular complexity index is 998. The number of carbonyl (C=O) groups excluding carboxylic acids is 1. The van der Waals surface area contributed by atoms with E-state index in [0.29, 0.717) is 6.54 Å². The van der Waals surface area contributed by atoms with Crippen molar-refractivity contribution in [3.8, 4) is 0 Å². The molecule has 1 amide bonds. The number of carbonyl (C=O) groups is 1. The topological polar surface area (TPSA) is 106 Å². The van der Waals surface area contributed by atoms with Crippen LogP contribution >= 0.6 is 0 Å². The number of rotatable bonds is 9. The van der Waals surface area contributed by atoms with Crippen molar-refractivity contribution in [2.24, 2.45) is 9.98 Å². The Balaban J connectivity index is 2.05. The molecule has 0 aromatic heterocycles. The summed E-state index contributed by atoms with van der Waals surface area (Å²) in [6, 6.07) is 8.63. The number of likely N-dealkylation sites (tertiary alicyclic amines) is 1. The summed E-state index contributed by atoms with van der Waals surface area (Å²) in [5.41, 5.74) is 2.51. The third-order valence-electron chi connectivity index (χ3n) is 5.39. The molecule has 9 nitrogen and oxygen atoms in total. The molecule has 1 heterocycles. The highest BCUT2D eigenvalue weighted by Gasteiger charge is 2.11. The fourth-order valence-corrected chi connectivity index (χ4v) is 3.96. The van der Waals surface area contributed by atoms with Gasteiger partial charge in [-0.05, 0) is 44.0 Å². The quantitative estimate of drug-likeness (QED) is 0.406. The molecule has 0 unspecified atom stereocenters. The lowest BCUT2D eigenvalue weighted by molar-refractivity contribution is -0.118. The van der Waals surface area contributed by atoms with Gasteiger partial charge in [0.25, 0.3) is 0 Å². The van der Waals surface area contributed by atoms with Crippen molar-refractivity contribution >= 4 is 27.5 Å². The minimum Gasteiger partial charge on any atom is -0.359 e. The van der Waals surface area contributed by atoms with Crippen molar-refractivity contribution in [3.05, 3.63) is 47.8 Å². The standard InChI is InChI=1S/C24H38N6O3S/c1-20(28-24(26-12-11-25-21(2)31)27-13-16-34(4,32)33)29(3)18-22-9-8-10-23(17-22)19-30-14-6-5-7-15-30/h8-12,17H,5-7,13-16,18-19H2,1-4H3,(H,25,31)(H,26,27)/b12-11+,28-20+. The summed E-state index contributed by atoms with van der Waals surface area (Å²) in [7, 11) is -1.17. The third kappa shape index (κ3) is 11.4. The van der Waals surface area contributed by atoms with Crippen LogP contribution in [0, 0.1) is 0 Å². The van der Waals surface area contributed by atoms with Gasteiger partial charge in [-0.2, -0.15) is 0 Å². The second-order valence-corrected chi connectivity index (χ2v) is 10.9. The fraction of sp³-hybridized carbons (Fsp3) is 0.542. The van der Waals surface area contributed by atoms with Crippen molar-refractivity contribution in [1.82, 2.24) is 20.4 Å². The van der Waals surface area contributed by atoms with E-state index in [1.807, 2.05) is 18.9 Å². The number of guanidine groups is 1. The third-order valence-corrected chi connectivity index (χ3v) is 6.32. The van der Waals surface area contributed by atoms with Crippen molar-refractivity contribution in [1.29, 1.82) is 0 Å². The number of amides is 1. The van der Waals surface area contributed by atoms with E-state index < -0.39 is 9.84 Å². The molecule has 0 radical (unpaired) electrons. The largest absolute Gasteiger partial charge is 0.359 e. The molecule has 0 spiro atoms. The summed E-state index contributed by atoms with van der Waals surface area (Å²) < 4.78 is 22.9. The molecule has 1 aliphatic rings. The first-order chi connectivity index (χ1) is 16.1. The van der Waals surface area contributed by atoms with Gasteiger partial charge in [0.1, 0.15) is 15.7 Å². The average Bonchev–Trinajstić information content (AvgIpc) is 2.76. The van der Waals surface area contributed by atoms with E-state index in [0.717, 1.165) is 12.4 Å². The second kappa shape index (κ2) is 13.9. The van der Waals surface area contributed by atoms with Crippen LogP contribution in [-0.4, -0.2) is 74.6 Å². The van der Waals surface area contributed by atoms with E-state index in [4.69, 9.17) is 0 Å². The summed E-state index contributed by atoms with van der Waals surface area (Å²) in [5, 5.41) is 5.43. The highest BCUT2D eigenvalue weighted by atomic mass is 32.2. The smallest absolute Gasteiger partial charge is 0.223 e. The molecular formula is C24H38N6O3S. The van der Waals surface area contributed by atoms with Gasteiger partial charge in [0, 0.05) is 45.7 Å². The van der Waals surface area contributed by atoms with Gasteiger partial charge in [-0.25, -0.2) is 18.4 Å².